The van der Waals surface area contributed by atoms with E-state index in [4.69, 9.17) is 0 Å². The zero-order chi connectivity index (χ0) is 14.7. The van der Waals surface area contributed by atoms with Crippen molar-refractivity contribution in [3.8, 4) is 0 Å². The van der Waals surface area contributed by atoms with Crippen molar-refractivity contribution in [2.75, 3.05) is 25.0 Å². The number of benzene rings is 1. The molecular formula is C16H20N4O. The van der Waals surface area contributed by atoms with Gasteiger partial charge in [-0.3, -0.25) is 4.79 Å². The number of hydrogen-bond donors (Lipinski definition) is 1. The van der Waals surface area contributed by atoms with Gasteiger partial charge in [-0.25, -0.2) is 0 Å². The van der Waals surface area contributed by atoms with E-state index >= 15 is 0 Å². The molecule has 2 heterocycles. The first-order valence-corrected chi connectivity index (χ1v) is 7.49. The molecule has 1 aromatic carbocycles. The molecule has 0 atom stereocenters. The van der Waals surface area contributed by atoms with E-state index in [1.807, 2.05) is 36.1 Å². The van der Waals surface area contributed by atoms with Crippen LogP contribution in [0.5, 0.6) is 0 Å². The van der Waals surface area contributed by atoms with E-state index in [9.17, 15) is 4.79 Å². The average molecular weight is 284 g/mol. The molecular weight excluding hydrogens is 264 g/mol. The lowest BCUT2D eigenvalue weighted by Gasteiger charge is -2.15. The number of amides is 1. The largest absolute Gasteiger partial charge is 0.368 e. The Kier molecular flexibility index (Phi) is 3.99. The zero-order valence-corrected chi connectivity index (χ0v) is 12.3. The van der Waals surface area contributed by atoms with Crippen molar-refractivity contribution in [1.82, 2.24) is 15.1 Å². The van der Waals surface area contributed by atoms with Crippen LogP contribution in [0.3, 0.4) is 0 Å². The Labute approximate surface area is 124 Å². The molecule has 0 aliphatic carbocycles. The molecule has 1 amide bonds. The van der Waals surface area contributed by atoms with E-state index in [1.165, 1.54) is 0 Å². The van der Waals surface area contributed by atoms with Crippen molar-refractivity contribution in [1.29, 1.82) is 0 Å². The summed E-state index contributed by atoms with van der Waals surface area (Å²) in [6, 6.07) is 8.06. The second kappa shape index (κ2) is 6.08. The number of nitrogens with one attached hydrogen (secondary N) is 1. The van der Waals surface area contributed by atoms with Gasteiger partial charge in [0, 0.05) is 36.8 Å². The van der Waals surface area contributed by atoms with Crippen LogP contribution >= 0.6 is 0 Å². The molecule has 1 aromatic heterocycles. The summed E-state index contributed by atoms with van der Waals surface area (Å²) < 4.78 is 0. The molecule has 0 radical (unpaired) electrons. The third kappa shape index (κ3) is 2.96. The maximum absolute atomic E-state index is 12.0. The van der Waals surface area contributed by atoms with Crippen molar-refractivity contribution in [2.24, 2.45) is 0 Å². The Morgan fingerprint density at radius 2 is 1.90 bits per heavy atom. The standard InChI is InChI=1S/C16H20N4O/c1-12-13-6-2-3-7-14(13)16(19-18-12)17-9-8-15(21)20-10-4-5-11-20/h2-3,6-7H,4-5,8-11H2,1H3,(H,17,19). The van der Waals surface area contributed by atoms with Crippen LogP contribution in [-0.4, -0.2) is 40.6 Å². The summed E-state index contributed by atoms with van der Waals surface area (Å²) in [6.07, 6.45) is 2.77. The maximum atomic E-state index is 12.0. The molecule has 2 aromatic rings. The Balaban J connectivity index is 1.65. The Hall–Kier alpha value is -2.17. The SMILES string of the molecule is Cc1nnc(NCCC(=O)N2CCCC2)c2ccccc12. The number of carbonyl (C=O) groups is 1. The molecule has 3 rings (SSSR count). The fraction of sp³-hybridized carbons (Fsp3) is 0.438. The summed E-state index contributed by atoms with van der Waals surface area (Å²) in [6.45, 7) is 4.37. The Bertz CT molecular complexity index is 650. The molecule has 0 spiro atoms. The summed E-state index contributed by atoms with van der Waals surface area (Å²) in [7, 11) is 0. The summed E-state index contributed by atoms with van der Waals surface area (Å²) >= 11 is 0. The molecule has 110 valence electrons. The van der Waals surface area contributed by atoms with Gasteiger partial charge in [0.05, 0.1) is 5.69 Å². The fourth-order valence-electron chi connectivity index (χ4n) is 2.78. The highest BCUT2D eigenvalue weighted by Crippen LogP contribution is 2.22. The smallest absolute Gasteiger partial charge is 0.224 e. The summed E-state index contributed by atoms with van der Waals surface area (Å²) in [5.74, 6) is 0.981. The lowest BCUT2D eigenvalue weighted by Crippen LogP contribution is -2.29. The maximum Gasteiger partial charge on any atom is 0.224 e. The number of anilines is 1. The molecule has 21 heavy (non-hydrogen) atoms. The number of rotatable bonds is 4. The minimum atomic E-state index is 0.226. The van der Waals surface area contributed by atoms with Crippen molar-refractivity contribution >= 4 is 22.5 Å². The van der Waals surface area contributed by atoms with Crippen LogP contribution in [0.25, 0.3) is 10.8 Å². The second-order valence-electron chi connectivity index (χ2n) is 5.44. The lowest BCUT2D eigenvalue weighted by molar-refractivity contribution is -0.129. The second-order valence-corrected chi connectivity index (χ2v) is 5.44. The van der Waals surface area contributed by atoms with Gasteiger partial charge in [-0.2, -0.15) is 5.10 Å². The third-order valence-corrected chi connectivity index (χ3v) is 3.96. The first-order valence-electron chi connectivity index (χ1n) is 7.49. The van der Waals surface area contributed by atoms with Gasteiger partial charge in [0.25, 0.3) is 0 Å². The number of carbonyl (C=O) groups excluding carboxylic acids is 1. The van der Waals surface area contributed by atoms with Gasteiger partial charge in [0.2, 0.25) is 5.91 Å². The van der Waals surface area contributed by atoms with Gasteiger partial charge in [-0.15, -0.1) is 5.10 Å². The van der Waals surface area contributed by atoms with Gasteiger partial charge in [-0.05, 0) is 19.8 Å². The number of likely N-dealkylation sites (tertiary alicyclic amines) is 1. The molecule has 5 heteroatoms. The fourth-order valence-corrected chi connectivity index (χ4v) is 2.78. The first-order chi connectivity index (χ1) is 10.3. The van der Waals surface area contributed by atoms with Crippen LogP contribution in [0.15, 0.2) is 24.3 Å². The minimum Gasteiger partial charge on any atom is -0.368 e. The Morgan fingerprint density at radius 3 is 2.67 bits per heavy atom. The lowest BCUT2D eigenvalue weighted by atomic mass is 10.1. The highest BCUT2D eigenvalue weighted by molar-refractivity contribution is 5.93. The van der Waals surface area contributed by atoms with Gasteiger partial charge >= 0.3 is 0 Å². The van der Waals surface area contributed by atoms with Gasteiger partial charge < -0.3 is 10.2 Å². The van der Waals surface area contributed by atoms with Gasteiger partial charge in [-0.1, -0.05) is 24.3 Å². The summed E-state index contributed by atoms with van der Waals surface area (Å²) in [4.78, 5) is 13.9. The highest BCUT2D eigenvalue weighted by Gasteiger charge is 2.17. The van der Waals surface area contributed by atoms with Gasteiger partial charge in [0.1, 0.15) is 0 Å². The van der Waals surface area contributed by atoms with E-state index in [-0.39, 0.29) is 5.91 Å². The van der Waals surface area contributed by atoms with Crippen molar-refractivity contribution < 1.29 is 4.79 Å². The van der Waals surface area contributed by atoms with Crippen molar-refractivity contribution in [3.63, 3.8) is 0 Å². The number of aromatic nitrogens is 2. The van der Waals surface area contributed by atoms with Crippen LogP contribution in [-0.2, 0) is 4.79 Å². The normalized spacial score (nSPS) is 14.6. The third-order valence-electron chi connectivity index (χ3n) is 3.96. The van der Waals surface area contributed by atoms with Crippen LogP contribution in [0.4, 0.5) is 5.82 Å². The highest BCUT2D eigenvalue weighted by atomic mass is 16.2. The molecule has 1 N–H and O–H groups in total. The number of nitrogens with zero attached hydrogens (tertiary/aromatic N) is 3. The van der Waals surface area contributed by atoms with Gasteiger partial charge in [0.15, 0.2) is 5.82 Å². The molecule has 1 aliphatic heterocycles. The quantitative estimate of drug-likeness (QED) is 0.936. The number of hydrogen-bond acceptors (Lipinski definition) is 4. The van der Waals surface area contributed by atoms with E-state index in [2.05, 4.69) is 15.5 Å². The number of aryl methyl sites for hydroxylation is 1. The minimum absolute atomic E-state index is 0.226. The van der Waals surface area contributed by atoms with E-state index in [0.717, 1.165) is 48.2 Å². The zero-order valence-electron chi connectivity index (χ0n) is 12.3. The van der Waals surface area contributed by atoms with E-state index < -0.39 is 0 Å². The predicted molar refractivity (Wildman–Crippen MR) is 83.2 cm³/mol. The summed E-state index contributed by atoms with van der Waals surface area (Å²) in [5.41, 5.74) is 0.921. The molecule has 0 bridgehead atoms. The van der Waals surface area contributed by atoms with E-state index in [0.29, 0.717) is 13.0 Å². The molecule has 1 fully saturated rings. The molecule has 1 saturated heterocycles. The average Bonchev–Trinajstić information content (AvgIpc) is 3.04. The molecule has 5 nitrogen and oxygen atoms in total. The van der Waals surface area contributed by atoms with Crippen LogP contribution in [0.1, 0.15) is 25.0 Å². The molecule has 0 unspecified atom stereocenters. The molecule has 1 aliphatic rings. The number of fused-ring (bicyclic) bond motifs is 1. The van der Waals surface area contributed by atoms with Crippen LogP contribution < -0.4 is 5.32 Å². The predicted octanol–water partition coefficient (Wildman–Crippen LogP) is 2.36. The first kappa shape index (κ1) is 13.8. The van der Waals surface area contributed by atoms with Crippen molar-refractivity contribution in [3.05, 3.63) is 30.0 Å². The molecule has 0 saturated carbocycles. The van der Waals surface area contributed by atoms with Crippen molar-refractivity contribution in [2.45, 2.75) is 26.2 Å². The van der Waals surface area contributed by atoms with Crippen LogP contribution in [0, 0.1) is 6.92 Å². The topological polar surface area (TPSA) is 58.1 Å². The van der Waals surface area contributed by atoms with Crippen LogP contribution in [0.2, 0.25) is 0 Å². The Morgan fingerprint density at radius 1 is 1.19 bits per heavy atom. The summed E-state index contributed by atoms with van der Waals surface area (Å²) in [5, 5.41) is 13.8. The monoisotopic (exact) mass is 284 g/mol. The van der Waals surface area contributed by atoms with E-state index in [1.54, 1.807) is 0 Å².